The second-order valence-corrected chi connectivity index (χ2v) is 8.68. The van der Waals surface area contributed by atoms with Crippen molar-refractivity contribution in [3.05, 3.63) is 66.1 Å². The number of sulfone groups is 1. The van der Waals surface area contributed by atoms with Crippen molar-refractivity contribution in [1.82, 2.24) is 15.6 Å². The third-order valence-electron chi connectivity index (χ3n) is 4.49. The largest absolute Gasteiger partial charge is 0.361 e. The molecular weight excluding hydrogens is 518 g/mol. The maximum Gasteiger partial charge on any atom is 0.191 e. The monoisotopic (exact) mass is 544 g/mol. The Balaban J connectivity index is 0.00000320. The first-order chi connectivity index (χ1) is 14.0. The standard InChI is InChI=1S/C21H25FN4O2S.HI/c1-2-23-21(25-12-13-29(27,28)18-6-4-3-5-7-18)24-11-10-16-15-26-20-14-17(22)8-9-19(16)20;/h3-9,14-15,26H,2,10-13H2,1H3,(H2,23,24,25);1H. The second kappa shape index (κ2) is 11.3. The molecule has 0 amide bonds. The zero-order valence-electron chi connectivity index (χ0n) is 16.7. The molecule has 0 aliphatic heterocycles. The molecule has 6 nitrogen and oxygen atoms in total. The number of rotatable bonds is 8. The Labute approximate surface area is 193 Å². The molecule has 3 aromatic rings. The molecule has 0 radical (unpaired) electrons. The van der Waals surface area contributed by atoms with E-state index in [2.05, 4.69) is 20.6 Å². The minimum absolute atomic E-state index is 0. The van der Waals surface area contributed by atoms with Crippen molar-refractivity contribution < 1.29 is 12.8 Å². The Morgan fingerprint density at radius 3 is 2.63 bits per heavy atom. The first-order valence-corrected chi connectivity index (χ1v) is 11.2. The van der Waals surface area contributed by atoms with Crippen LogP contribution >= 0.6 is 24.0 Å². The van der Waals surface area contributed by atoms with Crippen LogP contribution in [0.15, 0.2) is 64.6 Å². The van der Waals surface area contributed by atoms with E-state index in [9.17, 15) is 12.8 Å². The van der Waals surface area contributed by atoms with Crippen LogP contribution in [0.4, 0.5) is 4.39 Å². The number of benzene rings is 2. The van der Waals surface area contributed by atoms with E-state index in [0.717, 1.165) is 22.9 Å². The van der Waals surface area contributed by atoms with Gasteiger partial charge >= 0.3 is 0 Å². The van der Waals surface area contributed by atoms with Crippen LogP contribution in [-0.2, 0) is 16.3 Å². The summed E-state index contributed by atoms with van der Waals surface area (Å²) in [4.78, 5) is 7.76. The Morgan fingerprint density at radius 2 is 1.90 bits per heavy atom. The highest BCUT2D eigenvalue weighted by atomic mass is 127. The average molecular weight is 544 g/mol. The molecule has 0 fully saturated rings. The molecule has 0 saturated heterocycles. The van der Waals surface area contributed by atoms with E-state index in [0.29, 0.717) is 23.9 Å². The smallest absolute Gasteiger partial charge is 0.191 e. The van der Waals surface area contributed by atoms with Gasteiger partial charge in [-0.3, -0.25) is 4.99 Å². The summed E-state index contributed by atoms with van der Waals surface area (Å²) in [5, 5.41) is 7.33. The van der Waals surface area contributed by atoms with E-state index in [1.165, 1.54) is 12.1 Å². The molecule has 30 heavy (non-hydrogen) atoms. The van der Waals surface area contributed by atoms with Gasteiger partial charge in [0.2, 0.25) is 0 Å². The predicted octanol–water partition coefficient (Wildman–Crippen LogP) is 3.50. The number of aromatic nitrogens is 1. The van der Waals surface area contributed by atoms with Gasteiger partial charge in [-0.1, -0.05) is 18.2 Å². The van der Waals surface area contributed by atoms with E-state index >= 15 is 0 Å². The summed E-state index contributed by atoms with van der Waals surface area (Å²) < 4.78 is 38.0. The van der Waals surface area contributed by atoms with Crippen LogP contribution in [0.5, 0.6) is 0 Å². The zero-order chi connectivity index (χ0) is 20.7. The minimum Gasteiger partial charge on any atom is -0.361 e. The summed E-state index contributed by atoms with van der Waals surface area (Å²) in [6, 6.07) is 13.1. The highest BCUT2D eigenvalue weighted by Gasteiger charge is 2.13. The first kappa shape index (κ1) is 24.1. The van der Waals surface area contributed by atoms with Gasteiger partial charge in [-0.05, 0) is 49.2 Å². The van der Waals surface area contributed by atoms with Crippen molar-refractivity contribution in [2.24, 2.45) is 4.99 Å². The molecule has 0 unspecified atom stereocenters. The van der Waals surface area contributed by atoms with Crippen LogP contribution in [0.25, 0.3) is 10.9 Å². The lowest BCUT2D eigenvalue weighted by atomic mass is 10.1. The summed E-state index contributed by atoms with van der Waals surface area (Å²) in [7, 11) is -3.35. The number of hydrogen-bond acceptors (Lipinski definition) is 3. The lowest BCUT2D eigenvalue weighted by molar-refractivity contribution is 0.596. The molecule has 0 aliphatic rings. The van der Waals surface area contributed by atoms with Gasteiger partial charge in [0.25, 0.3) is 0 Å². The van der Waals surface area contributed by atoms with E-state index in [1.54, 1.807) is 36.4 Å². The first-order valence-electron chi connectivity index (χ1n) is 9.55. The van der Waals surface area contributed by atoms with Gasteiger partial charge in [0, 0.05) is 30.2 Å². The fourth-order valence-electron chi connectivity index (χ4n) is 3.05. The van der Waals surface area contributed by atoms with Crippen molar-refractivity contribution in [2.75, 3.05) is 25.4 Å². The van der Waals surface area contributed by atoms with Crippen LogP contribution in [0.1, 0.15) is 12.5 Å². The molecule has 0 saturated carbocycles. The highest BCUT2D eigenvalue weighted by Crippen LogP contribution is 2.19. The lowest BCUT2D eigenvalue weighted by Crippen LogP contribution is -2.38. The van der Waals surface area contributed by atoms with Crippen molar-refractivity contribution >= 4 is 50.7 Å². The third kappa shape index (κ3) is 6.43. The maximum absolute atomic E-state index is 13.3. The van der Waals surface area contributed by atoms with Crippen LogP contribution in [0.3, 0.4) is 0 Å². The van der Waals surface area contributed by atoms with Gasteiger partial charge in [-0.15, -0.1) is 24.0 Å². The Hall–Kier alpha value is -2.14. The van der Waals surface area contributed by atoms with Crippen LogP contribution in [0.2, 0.25) is 0 Å². The topological polar surface area (TPSA) is 86.3 Å². The summed E-state index contributed by atoms with van der Waals surface area (Å²) in [6.45, 7) is 3.40. The molecule has 0 atom stereocenters. The number of nitrogens with zero attached hydrogens (tertiary/aromatic N) is 1. The highest BCUT2D eigenvalue weighted by molar-refractivity contribution is 14.0. The Morgan fingerprint density at radius 1 is 1.13 bits per heavy atom. The molecule has 162 valence electrons. The summed E-state index contributed by atoms with van der Waals surface area (Å²) in [5.41, 5.74) is 1.85. The lowest BCUT2D eigenvalue weighted by Gasteiger charge is -2.11. The zero-order valence-corrected chi connectivity index (χ0v) is 19.8. The number of halogens is 2. The van der Waals surface area contributed by atoms with Gasteiger partial charge in [0.05, 0.1) is 17.2 Å². The number of aromatic amines is 1. The van der Waals surface area contributed by atoms with Gasteiger partial charge in [-0.2, -0.15) is 0 Å². The summed E-state index contributed by atoms with van der Waals surface area (Å²) >= 11 is 0. The quantitative estimate of drug-likeness (QED) is 0.230. The molecule has 9 heteroatoms. The van der Waals surface area contributed by atoms with Gasteiger partial charge in [0.1, 0.15) is 5.82 Å². The number of aliphatic imine (C=N–C) groups is 1. The van der Waals surface area contributed by atoms with E-state index in [1.807, 2.05) is 13.1 Å². The van der Waals surface area contributed by atoms with Gasteiger partial charge in [-0.25, -0.2) is 12.8 Å². The Bertz CT molecular complexity index is 1080. The molecule has 3 rings (SSSR count). The second-order valence-electron chi connectivity index (χ2n) is 6.57. The van der Waals surface area contributed by atoms with Gasteiger partial charge < -0.3 is 15.6 Å². The normalized spacial score (nSPS) is 11.9. The molecule has 2 aromatic carbocycles. The molecule has 0 aliphatic carbocycles. The summed E-state index contributed by atoms with van der Waals surface area (Å²) in [6.07, 6.45) is 2.60. The predicted molar refractivity (Wildman–Crippen MR) is 130 cm³/mol. The van der Waals surface area contributed by atoms with Crippen LogP contribution < -0.4 is 10.6 Å². The Kier molecular flexibility index (Phi) is 9.09. The van der Waals surface area contributed by atoms with Crippen molar-refractivity contribution in [3.63, 3.8) is 0 Å². The number of hydrogen-bond donors (Lipinski definition) is 3. The van der Waals surface area contributed by atoms with E-state index in [4.69, 9.17) is 0 Å². The SMILES string of the molecule is CCNC(=NCCS(=O)(=O)c1ccccc1)NCCc1c[nH]c2cc(F)ccc12.I. The minimum atomic E-state index is -3.35. The molecule has 1 heterocycles. The molecular formula is C21H26FIN4O2S. The number of fused-ring (bicyclic) bond motifs is 1. The van der Waals surface area contributed by atoms with Crippen molar-refractivity contribution in [3.8, 4) is 0 Å². The van der Waals surface area contributed by atoms with E-state index in [-0.39, 0.29) is 42.1 Å². The van der Waals surface area contributed by atoms with Crippen molar-refractivity contribution in [2.45, 2.75) is 18.2 Å². The maximum atomic E-state index is 13.3. The van der Waals surface area contributed by atoms with Crippen molar-refractivity contribution in [1.29, 1.82) is 0 Å². The summed E-state index contributed by atoms with van der Waals surface area (Å²) in [5.74, 6) is 0.249. The molecule has 0 spiro atoms. The fourth-order valence-corrected chi connectivity index (χ4v) is 4.19. The van der Waals surface area contributed by atoms with Crippen LogP contribution in [0, 0.1) is 5.82 Å². The third-order valence-corrected chi connectivity index (χ3v) is 6.20. The fraction of sp³-hybridized carbons (Fsp3) is 0.286. The van der Waals surface area contributed by atoms with E-state index < -0.39 is 9.84 Å². The average Bonchev–Trinajstić information content (AvgIpc) is 3.10. The number of nitrogens with one attached hydrogen (secondary N) is 3. The number of H-pyrrole nitrogens is 1. The van der Waals surface area contributed by atoms with Gasteiger partial charge in [0.15, 0.2) is 15.8 Å². The van der Waals surface area contributed by atoms with Crippen LogP contribution in [-0.4, -0.2) is 44.7 Å². The molecule has 0 bridgehead atoms. The number of guanidine groups is 1. The molecule has 1 aromatic heterocycles. The molecule has 3 N–H and O–H groups in total.